The Balaban J connectivity index is 1.42. The third kappa shape index (κ3) is 3.88. The van der Waals surface area contributed by atoms with E-state index in [2.05, 4.69) is 16.0 Å². The van der Waals surface area contributed by atoms with Gasteiger partial charge in [0.05, 0.1) is 6.54 Å². The molecule has 3 N–H and O–H groups in total. The highest BCUT2D eigenvalue weighted by Gasteiger charge is 2.51. The van der Waals surface area contributed by atoms with Crippen molar-refractivity contribution in [3.05, 3.63) is 35.4 Å². The molecule has 1 aliphatic carbocycles. The SMILES string of the molecule is CC(C(=O)NCc1ccccc1CN1C(=O)NC2(CCCCC2)C1=O)C1CNC1. The molecule has 0 radical (unpaired) electrons. The van der Waals surface area contributed by atoms with Crippen LogP contribution >= 0.6 is 0 Å². The number of rotatable bonds is 6. The van der Waals surface area contributed by atoms with Crippen LogP contribution < -0.4 is 16.0 Å². The lowest BCUT2D eigenvalue weighted by Gasteiger charge is -2.31. The summed E-state index contributed by atoms with van der Waals surface area (Å²) in [6, 6.07) is 7.38. The molecule has 4 amide bonds. The summed E-state index contributed by atoms with van der Waals surface area (Å²) < 4.78 is 0. The molecule has 1 aromatic rings. The topological polar surface area (TPSA) is 90.5 Å². The normalized spacial score (nSPS) is 22.3. The Hall–Kier alpha value is -2.41. The highest BCUT2D eigenvalue weighted by molar-refractivity contribution is 6.07. The molecule has 1 spiro atoms. The number of carbonyl (C=O) groups excluding carboxylic acids is 3. The average molecular weight is 399 g/mol. The van der Waals surface area contributed by atoms with Crippen molar-refractivity contribution in [1.29, 1.82) is 0 Å². The van der Waals surface area contributed by atoms with Gasteiger partial charge in [0.25, 0.3) is 5.91 Å². The van der Waals surface area contributed by atoms with Gasteiger partial charge in [-0.15, -0.1) is 0 Å². The quantitative estimate of drug-likeness (QED) is 0.639. The second kappa shape index (κ2) is 8.14. The van der Waals surface area contributed by atoms with Crippen molar-refractivity contribution in [3.63, 3.8) is 0 Å². The van der Waals surface area contributed by atoms with Crippen molar-refractivity contribution >= 4 is 17.8 Å². The Morgan fingerprint density at radius 1 is 1.17 bits per heavy atom. The molecule has 29 heavy (non-hydrogen) atoms. The first kappa shape index (κ1) is 19.9. The molecule has 2 heterocycles. The molecule has 0 bridgehead atoms. The Morgan fingerprint density at radius 2 is 1.86 bits per heavy atom. The number of urea groups is 1. The van der Waals surface area contributed by atoms with Crippen LogP contribution in [0.4, 0.5) is 4.79 Å². The zero-order valence-electron chi connectivity index (χ0n) is 17.0. The zero-order valence-corrected chi connectivity index (χ0v) is 17.0. The van der Waals surface area contributed by atoms with Gasteiger partial charge in [-0.3, -0.25) is 14.5 Å². The van der Waals surface area contributed by atoms with Gasteiger partial charge < -0.3 is 16.0 Å². The Bertz CT molecular complexity index is 799. The van der Waals surface area contributed by atoms with Gasteiger partial charge in [-0.1, -0.05) is 50.5 Å². The van der Waals surface area contributed by atoms with Gasteiger partial charge in [0.15, 0.2) is 0 Å². The smallest absolute Gasteiger partial charge is 0.325 e. The van der Waals surface area contributed by atoms with Crippen LogP contribution in [0.25, 0.3) is 0 Å². The third-order valence-electron chi connectivity index (χ3n) is 6.79. The van der Waals surface area contributed by atoms with Crippen molar-refractivity contribution < 1.29 is 14.4 Å². The molecular weight excluding hydrogens is 368 g/mol. The van der Waals surface area contributed by atoms with Crippen LogP contribution in [0.3, 0.4) is 0 Å². The van der Waals surface area contributed by atoms with Crippen molar-refractivity contribution in [2.75, 3.05) is 13.1 Å². The van der Waals surface area contributed by atoms with E-state index in [1.807, 2.05) is 31.2 Å². The standard InChI is InChI=1S/C22H30N4O3/c1-15(18-11-23-12-18)19(27)24-13-16-7-3-4-8-17(16)14-26-20(28)22(25-21(26)29)9-5-2-6-10-22/h3-4,7-8,15,18,23H,2,5-6,9-14H2,1H3,(H,24,27)(H,25,29). The predicted octanol–water partition coefficient (Wildman–Crippen LogP) is 1.91. The minimum Gasteiger partial charge on any atom is -0.352 e. The van der Waals surface area contributed by atoms with Crippen LogP contribution in [0.2, 0.25) is 0 Å². The Labute approximate surface area is 171 Å². The van der Waals surface area contributed by atoms with Crippen LogP contribution in [0.1, 0.15) is 50.2 Å². The van der Waals surface area contributed by atoms with Gasteiger partial charge in [0.2, 0.25) is 5.91 Å². The first-order chi connectivity index (χ1) is 14.0. The highest BCUT2D eigenvalue weighted by atomic mass is 16.2. The van der Waals surface area contributed by atoms with E-state index >= 15 is 0 Å². The molecule has 2 saturated heterocycles. The van der Waals surface area contributed by atoms with E-state index in [0.29, 0.717) is 12.5 Å². The fourth-order valence-corrected chi connectivity index (χ4v) is 4.59. The number of carbonyl (C=O) groups is 3. The maximum atomic E-state index is 13.0. The number of amides is 4. The van der Waals surface area contributed by atoms with Gasteiger partial charge in [0.1, 0.15) is 5.54 Å². The molecule has 156 valence electrons. The zero-order chi connectivity index (χ0) is 20.4. The lowest BCUT2D eigenvalue weighted by Crippen LogP contribution is -2.49. The molecule has 1 unspecified atom stereocenters. The van der Waals surface area contributed by atoms with Crippen molar-refractivity contribution in [1.82, 2.24) is 20.9 Å². The van der Waals surface area contributed by atoms with Crippen LogP contribution in [0.5, 0.6) is 0 Å². The minimum absolute atomic E-state index is 0.0273. The molecule has 1 atom stereocenters. The van der Waals surface area contributed by atoms with E-state index in [1.165, 1.54) is 4.90 Å². The van der Waals surface area contributed by atoms with Crippen LogP contribution in [-0.4, -0.2) is 41.4 Å². The second-order valence-electron chi connectivity index (χ2n) is 8.66. The summed E-state index contributed by atoms with van der Waals surface area (Å²) in [5, 5.41) is 9.18. The lowest BCUT2D eigenvalue weighted by molar-refractivity contribution is -0.132. The van der Waals surface area contributed by atoms with Gasteiger partial charge in [-0.25, -0.2) is 4.79 Å². The molecule has 0 aromatic heterocycles. The summed E-state index contributed by atoms with van der Waals surface area (Å²) in [6.07, 6.45) is 4.50. The Kier molecular flexibility index (Phi) is 5.58. The predicted molar refractivity (Wildman–Crippen MR) is 109 cm³/mol. The van der Waals surface area contributed by atoms with Crippen LogP contribution in [-0.2, 0) is 22.7 Å². The number of benzene rings is 1. The van der Waals surface area contributed by atoms with Crippen molar-refractivity contribution in [2.45, 2.75) is 57.7 Å². The third-order valence-corrected chi connectivity index (χ3v) is 6.79. The summed E-state index contributed by atoms with van der Waals surface area (Å²) in [5.41, 5.74) is 1.12. The summed E-state index contributed by atoms with van der Waals surface area (Å²) in [6.45, 7) is 4.37. The fourth-order valence-electron chi connectivity index (χ4n) is 4.59. The molecule has 3 fully saturated rings. The van der Waals surface area contributed by atoms with Gasteiger partial charge in [-0.2, -0.15) is 0 Å². The first-order valence-electron chi connectivity index (χ1n) is 10.7. The number of nitrogens with zero attached hydrogens (tertiary/aromatic N) is 1. The largest absolute Gasteiger partial charge is 0.352 e. The highest BCUT2D eigenvalue weighted by Crippen LogP contribution is 2.34. The van der Waals surface area contributed by atoms with Gasteiger partial charge >= 0.3 is 6.03 Å². The first-order valence-corrected chi connectivity index (χ1v) is 10.7. The molecule has 4 rings (SSSR count). The van der Waals surface area contributed by atoms with E-state index in [4.69, 9.17) is 0 Å². The number of hydrogen-bond donors (Lipinski definition) is 3. The molecule has 1 aromatic carbocycles. The molecule has 2 aliphatic heterocycles. The molecule has 7 heteroatoms. The maximum absolute atomic E-state index is 13.0. The van der Waals surface area contributed by atoms with E-state index < -0.39 is 5.54 Å². The van der Waals surface area contributed by atoms with E-state index in [-0.39, 0.29) is 30.3 Å². The second-order valence-corrected chi connectivity index (χ2v) is 8.66. The molecule has 3 aliphatic rings. The van der Waals surface area contributed by atoms with Gasteiger partial charge in [-0.05, 0) is 43.0 Å². The monoisotopic (exact) mass is 398 g/mol. The molecular formula is C22H30N4O3. The van der Waals surface area contributed by atoms with E-state index in [0.717, 1.165) is 56.3 Å². The van der Waals surface area contributed by atoms with Crippen LogP contribution in [0, 0.1) is 11.8 Å². The number of hydrogen-bond acceptors (Lipinski definition) is 4. The lowest BCUT2D eigenvalue weighted by atomic mass is 9.81. The summed E-state index contributed by atoms with van der Waals surface area (Å²) in [5.74, 6) is 0.304. The van der Waals surface area contributed by atoms with E-state index in [1.54, 1.807) is 0 Å². The summed E-state index contributed by atoms with van der Waals surface area (Å²) >= 11 is 0. The molecule has 7 nitrogen and oxygen atoms in total. The molecule has 1 saturated carbocycles. The fraction of sp³-hybridized carbons (Fsp3) is 0.591. The van der Waals surface area contributed by atoms with Crippen molar-refractivity contribution in [3.8, 4) is 0 Å². The van der Waals surface area contributed by atoms with Crippen LogP contribution in [0.15, 0.2) is 24.3 Å². The van der Waals surface area contributed by atoms with Crippen molar-refractivity contribution in [2.24, 2.45) is 11.8 Å². The Morgan fingerprint density at radius 3 is 2.52 bits per heavy atom. The summed E-state index contributed by atoms with van der Waals surface area (Å²) in [7, 11) is 0. The average Bonchev–Trinajstić information content (AvgIpc) is 2.90. The summed E-state index contributed by atoms with van der Waals surface area (Å²) in [4.78, 5) is 39.4. The van der Waals surface area contributed by atoms with E-state index in [9.17, 15) is 14.4 Å². The maximum Gasteiger partial charge on any atom is 0.325 e. The minimum atomic E-state index is -0.704. The number of nitrogens with one attached hydrogen (secondary N) is 3. The number of imide groups is 1. The van der Waals surface area contributed by atoms with Gasteiger partial charge in [0, 0.05) is 12.5 Å².